The van der Waals surface area contributed by atoms with E-state index in [0.717, 1.165) is 12.1 Å². The van der Waals surface area contributed by atoms with E-state index in [4.69, 9.17) is 5.26 Å². The molecule has 0 bridgehead atoms. The van der Waals surface area contributed by atoms with Crippen LogP contribution in [0.2, 0.25) is 0 Å². The number of anilines is 3. The Labute approximate surface area is 147 Å². The number of aromatic nitrogens is 1. The van der Waals surface area contributed by atoms with E-state index in [0.29, 0.717) is 16.9 Å². The molecule has 1 heterocycles. The minimum atomic E-state index is -0.745. The number of amides is 1. The van der Waals surface area contributed by atoms with E-state index in [9.17, 15) is 13.6 Å². The highest BCUT2D eigenvalue weighted by atomic mass is 19.1. The smallest absolute Gasteiger partial charge is 0.274 e. The molecule has 0 radical (unpaired) electrons. The van der Waals surface area contributed by atoms with Gasteiger partial charge in [-0.15, -0.1) is 0 Å². The number of halogens is 2. The fraction of sp³-hybridized carbons (Fsp3) is 0. The van der Waals surface area contributed by atoms with Gasteiger partial charge in [0.25, 0.3) is 5.91 Å². The predicted octanol–water partition coefficient (Wildman–Crippen LogP) is 4.23. The van der Waals surface area contributed by atoms with E-state index in [-0.39, 0.29) is 11.4 Å². The van der Waals surface area contributed by atoms with Gasteiger partial charge >= 0.3 is 0 Å². The Morgan fingerprint density at radius 2 is 1.77 bits per heavy atom. The summed E-state index contributed by atoms with van der Waals surface area (Å²) >= 11 is 0. The molecule has 0 aliphatic carbocycles. The van der Waals surface area contributed by atoms with Crippen LogP contribution in [0.4, 0.5) is 25.8 Å². The molecule has 0 atom stereocenters. The van der Waals surface area contributed by atoms with Crippen LogP contribution in [0.15, 0.2) is 60.8 Å². The molecule has 0 saturated heterocycles. The Balaban J connectivity index is 1.75. The molecular formula is C19H12F2N4O. The van der Waals surface area contributed by atoms with Crippen molar-refractivity contribution in [3.8, 4) is 6.07 Å². The van der Waals surface area contributed by atoms with E-state index in [2.05, 4.69) is 15.6 Å². The molecule has 0 spiro atoms. The van der Waals surface area contributed by atoms with Crippen molar-refractivity contribution in [2.75, 3.05) is 10.6 Å². The van der Waals surface area contributed by atoms with E-state index in [1.54, 1.807) is 30.3 Å². The van der Waals surface area contributed by atoms with Crippen LogP contribution in [0, 0.1) is 23.0 Å². The van der Waals surface area contributed by atoms with Gasteiger partial charge in [-0.05, 0) is 48.5 Å². The number of rotatable bonds is 4. The van der Waals surface area contributed by atoms with E-state index >= 15 is 0 Å². The van der Waals surface area contributed by atoms with Crippen molar-refractivity contribution in [2.24, 2.45) is 0 Å². The molecule has 0 fully saturated rings. The average molecular weight is 350 g/mol. The largest absolute Gasteiger partial charge is 0.353 e. The molecule has 0 aliphatic rings. The molecule has 1 aromatic heterocycles. The van der Waals surface area contributed by atoms with Crippen molar-refractivity contribution in [3.05, 3.63) is 83.7 Å². The summed E-state index contributed by atoms with van der Waals surface area (Å²) in [7, 11) is 0. The molecule has 0 aliphatic heterocycles. The molecule has 2 aromatic carbocycles. The number of hydrogen-bond donors (Lipinski definition) is 2. The second-order valence-electron chi connectivity index (χ2n) is 5.32. The third-order valence-electron chi connectivity index (χ3n) is 3.47. The molecule has 128 valence electrons. The molecule has 3 rings (SSSR count). The predicted molar refractivity (Wildman–Crippen MR) is 93.0 cm³/mol. The number of pyridine rings is 1. The van der Waals surface area contributed by atoms with Gasteiger partial charge in [0.15, 0.2) is 0 Å². The highest BCUT2D eigenvalue weighted by molar-refractivity contribution is 6.03. The van der Waals surface area contributed by atoms with Crippen LogP contribution in [0.25, 0.3) is 0 Å². The average Bonchev–Trinajstić information content (AvgIpc) is 2.65. The Kier molecular flexibility index (Phi) is 4.85. The maximum atomic E-state index is 13.7. The van der Waals surface area contributed by atoms with Gasteiger partial charge in [0.1, 0.15) is 17.3 Å². The number of benzene rings is 2. The van der Waals surface area contributed by atoms with Gasteiger partial charge in [-0.3, -0.25) is 9.78 Å². The summed E-state index contributed by atoms with van der Waals surface area (Å²) in [5.41, 5.74) is 1.61. The van der Waals surface area contributed by atoms with Gasteiger partial charge in [-0.2, -0.15) is 5.26 Å². The zero-order valence-electron chi connectivity index (χ0n) is 13.3. The molecule has 1 amide bonds. The number of nitriles is 1. The summed E-state index contributed by atoms with van der Waals surface area (Å²) in [5.74, 6) is -1.88. The topological polar surface area (TPSA) is 77.8 Å². The first-order valence-corrected chi connectivity index (χ1v) is 7.55. The first kappa shape index (κ1) is 17.0. The summed E-state index contributed by atoms with van der Waals surface area (Å²) in [5, 5.41) is 14.2. The molecule has 3 aromatic rings. The third kappa shape index (κ3) is 3.99. The summed E-state index contributed by atoms with van der Waals surface area (Å²) in [6.45, 7) is 0. The lowest BCUT2D eigenvalue weighted by molar-refractivity contribution is 0.102. The standard InChI is InChI=1S/C19H12F2N4O/c20-13-3-6-17(16(21)9-13)24-15-7-8-23-18(10-15)19(26)25-14-4-1-12(11-22)2-5-14/h1-10H,(H,23,24)(H,25,26). The van der Waals surface area contributed by atoms with Crippen LogP contribution < -0.4 is 10.6 Å². The van der Waals surface area contributed by atoms with Crippen LogP contribution >= 0.6 is 0 Å². The lowest BCUT2D eigenvalue weighted by Gasteiger charge is -2.09. The van der Waals surface area contributed by atoms with Crippen molar-refractivity contribution in [1.29, 1.82) is 5.26 Å². The molecule has 2 N–H and O–H groups in total. The van der Waals surface area contributed by atoms with E-state index in [1.165, 1.54) is 18.3 Å². The van der Waals surface area contributed by atoms with Crippen molar-refractivity contribution < 1.29 is 13.6 Å². The van der Waals surface area contributed by atoms with Crippen LogP contribution in [-0.2, 0) is 0 Å². The zero-order chi connectivity index (χ0) is 18.5. The molecule has 0 saturated carbocycles. The van der Waals surface area contributed by atoms with Gasteiger partial charge in [-0.25, -0.2) is 8.78 Å². The molecule has 7 heteroatoms. The normalized spacial score (nSPS) is 10.0. The van der Waals surface area contributed by atoms with Gasteiger partial charge in [0.2, 0.25) is 0 Å². The van der Waals surface area contributed by atoms with Crippen molar-refractivity contribution in [1.82, 2.24) is 4.98 Å². The molecule has 5 nitrogen and oxygen atoms in total. The summed E-state index contributed by atoms with van der Waals surface area (Å²) in [4.78, 5) is 16.3. The summed E-state index contributed by atoms with van der Waals surface area (Å²) in [6.07, 6.45) is 1.40. The zero-order valence-corrected chi connectivity index (χ0v) is 13.3. The number of carbonyl (C=O) groups is 1. The fourth-order valence-electron chi connectivity index (χ4n) is 2.20. The Hall–Kier alpha value is -3.79. The summed E-state index contributed by atoms with van der Waals surface area (Å²) in [6, 6.07) is 14.5. The Morgan fingerprint density at radius 1 is 1.00 bits per heavy atom. The van der Waals surface area contributed by atoms with Crippen LogP contribution in [0.1, 0.15) is 16.1 Å². The first-order chi connectivity index (χ1) is 12.5. The lowest BCUT2D eigenvalue weighted by Crippen LogP contribution is -2.13. The minimum Gasteiger partial charge on any atom is -0.353 e. The van der Waals surface area contributed by atoms with Gasteiger partial charge in [-0.1, -0.05) is 0 Å². The SMILES string of the molecule is N#Cc1ccc(NC(=O)c2cc(Nc3ccc(F)cc3F)ccn2)cc1. The lowest BCUT2D eigenvalue weighted by atomic mass is 10.2. The number of carbonyl (C=O) groups excluding carboxylic acids is 1. The van der Waals surface area contributed by atoms with E-state index in [1.807, 2.05) is 6.07 Å². The van der Waals surface area contributed by atoms with Gasteiger partial charge < -0.3 is 10.6 Å². The second-order valence-corrected chi connectivity index (χ2v) is 5.32. The van der Waals surface area contributed by atoms with Crippen molar-refractivity contribution in [2.45, 2.75) is 0 Å². The number of hydrogen-bond acceptors (Lipinski definition) is 4. The second kappa shape index (κ2) is 7.40. The van der Waals surface area contributed by atoms with E-state index < -0.39 is 17.5 Å². The van der Waals surface area contributed by atoms with Crippen LogP contribution in [0.5, 0.6) is 0 Å². The Morgan fingerprint density at radius 3 is 2.46 bits per heavy atom. The van der Waals surface area contributed by atoms with Gasteiger partial charge in [0.05, 0.1) is 17.3 Å². The maximum Gasteiger partial charge on any atom is 0.274 e. The van der Waals surface area contributed by atoms with Crippen molar-refractivity contribution >= 4 is 23.0 Å². The van der Waals surface area contributed by atoms with Gasteiger partial charge in [0, 0.05) is 23.6 Å². The first-order valence-electron chi connectivity index (χ1n) is 7.55. The number of nitrogens with one attached hydrogen (secondary N) is 2. The molecule has 26 heavy (non-hydrogen) atoms. The molecule has 0 unspecified atom stereocenters. The quantitative estimate of drug-likeness (QED) is 0.738. The third-order valence-corrected chi connectivity index (χ3v) is 3.47. The molecular weight excluding hydrogens is 338 g/mol. The number of nitrogens with zero attached hydrogens (tertiary/aromatic N) is 2. The minimum absolute atomic E-state index is 0.0797. The monoisotopic (exact) mass is 350 g/mol. The van der Waals surface area contributed by atoms with Crippen LogP contribution in [-0.4, -0.2) is 10.9 Å². The highest BCUT2D eigenvalue weighted by Crippen LogP contribution is 2.21. The van der Waals surface area contributed by atoms with Crippen molar-refractivity contribution in [3.63, 3.8) is 0 Å². The maximum absolute atomic E-state index is 13.7. The van der Waals surface area contributed by atoms with Crippen LogP contribution in [0.3, 0.4) is 0 Å². The summed E-state index contributed by atoms with van der Waals surface area (Å²) < 4.78 is 26.7. The Bertz CT molecular complexity index is 997. The highest BCUT2D eigenvalue weighted by Gasteiger charge is 2.10. The fourth-order valence-corrected chi connectivity index (χ4v) is 2.20.